The number of rotatable bonds is 5. The van der Waals surface area contributed by atoms with Gasteiger partial charge in [-0.1, -0.05) is 30.3 Å². The van der Waals surface area contributed by atoms with Crippen molar-refractivity contribution in [2.45, 2.75) is 32.7 Å². The molecule has 0 radical (unpaired) electrons. The number of amides is 1. The summed E-state index contributed by atoms with van der Waals surface area (Å²) in [6.07, 6.45) is 5.93. The Balaban J connectivity index is 1.75. The molecule has 114 valence electrons. The van der Waals surface area contributed by atoms with Crippen LogP contribution in [0.4, 0.5) is 0 Å². The molecule has 2 rings (SSSR count). The van der Waals surface area contributed by atoms with E-state index in [0.29, 0.717) is 12.0 Å². The van der Waals surface area contributed by atoms with Crippen LogP contribution in [0.25, 0.3) is 6.08 Å². The smallest absolute Gasteiger partial charge is 0.244 e. The number of hydrogen-bond donors (Lipinski definition) is 1. The third-order valence-corrected chi connectivity index (χ3v) is 4.07. The molecule has 1 saturated heterocycles. The molecule has 0 aromatic heterocycles. The van der Waals surface area contributed by atoms with Crippen LogP contribution < -0.4 is 5.32 Å². The number of piperidine rings is 1. The largest absolute Gasteiger partial charge is 0.352 e. The summed E-state index contributed by atoms with van der Waals surface area (Å²) >= 11 is 0. The second-order valence-electron chi connectivity index (χ2n) is 6.09. The van der Waals surface area contributed by atoms with Gasteiger partial charge in [0.15, 0.2) is 0 Å². The van der Waals surface area contributed by atoms with Crippen molar-refractivity contribution in [3.63, 3.8) is 0 Å². The van der Waals surface area contributed by atoms with Crippen LogP contribution >= 0.6 is 0 Å². The van der Waals surface area contributed by atoms with Crippen molar-refractivity contribution in [1.82, 2.24) is 10.2 Å². The molecule has 3 nitrogen and oxygen atoms in total. The minimum atomic E-state index is 0.000485. The van der Waals surface area contributed by atoms with Crippen molar-refractivity contribution < 1.29 is 4.79 Å². The van der Waals surface area contributed by atoms with E-state index in [1.807, 2.05) is 36.4 Å². The SMILES string of the molecule is CC(C)N1CCC[C@H](CNC(=O)/C=C/c2ccccc2)C1. The van der Waals surface area contributed by atoms with Gasteiger partial charge >= 0.3 is 0 Å². The second kappa shape index (κ2) is 7.99. The Morgan fingerprint density at radius 2 is 2.14 bits per heavy atom. The molecule has 1 N–H and O–H groups in total. The summed E-state index contributed by atoms with van der Waals surface area (Å²) in [6.45, 7) is 7.55. The fraction of sp³-hybridized carbons (Fsp3) is 0.500. The van der Waals surface area contributed by atoms with Crippen LogP contribution in [0.5, 0.6) is 0 Å². The summed E-state index contributed by atoms with van der Waals surface area (Å²) < 4.78 is 0. The van der Waals surface area contributed by atoms with Gasteiger partial charge in [0.05, 0.1) is 0 Å². The van der Waals surface area contributed by atoms with E-state index in [-0.39, 0.29) is 5.91 Å². The molecule has 1 fully saturated rings. The lowest BCUT2D eigenvalue weighted by atomic mass is 9.97. The molecule has 0 spiro atoms. The average Bonchev–Trinajstić information content (AvgIpc) is 2.52. The van der Waals surface area contributed by atoms with Crippen LogP contribution in [0.3, 0.4) is 0 Å². The summed E-state index contributed by atoms with van der Waals surface area (Å²) in [5.41, 5.74) is 1.05. The highest BCUT2D eigenvalue weighted by molar-refractivity contribution is 5.91. The summed E-state index contributed by atoms with van der Waals surface area (Å²) in [6, 6.07) is 10.5. The van der Waals surface area contributed by atoms with E-state index >= 15 is 0 Å². The van der Waals surface area contributed by atoms with Gasteiger partial charge in [0.1, 0.15) is 0 Å². The molecule has 0 bridgehead atoms. The van der Waals surface area contributed by atoms with Gasteiger partial charge in [-0.05, 0) is 50.8 Å². The Labute approximate surface area is 128 Å². The molecule has 1 atom stereocenters. The van der Waals surface area contributed by atoms with Gasteiger partial charge in [-0.2, -0.15) is 0 Å². The summed E-state index contributed by atoms with van der Waals surface area (Å²) in [5.74, 6) is 0.579. The Hall–Kier alpha value is -1.61. The molecule has 1 aliphatic heterocycles. The highest BCUT2D eigenvalue weighted by atomic mass is 16.1. The quantitative estimate of drug-likeness (QED) is 0.844. The lowest BCUT2D eigenvalue weighted by Crippen LogP contribution is -2.43. The van der Waals surface area contributed by atoms with E-state index in [1.165, 1.54) is 19.4 Å². The van der Waals surface area contributed by atoms with Gasteiger partial charge in [-0.15, -0.1) is 0 Å². The Morgan fingerprint density at radius 1 is 1.38 bits per heavy atom. The molecule has 3 heteroatoms. The third kappa shape index (κ3) is 5.35. The first-order valence-corrected chi connectivity index (χ1v) is 7.90. The minimum Gasteiger partial charge on any atom is -0.352 e. The van der Waals surface area contributed by atoms with E-state index in [9.17, 15) is 4.79 Å². The number of nitrogens with one attached hydrogen (secondary N) is 1. The molecular weight excluding hydrogens is 260 g/mol. The number of carbonyl (C=O) groups is 1. The zero-order valence-corrected chi connectivity index (χ0v) is 13.1. The zero-order chi connectivity index (χ0) is 15.1. The van der Waals surface area contributed by atoms with Gasteiger partial charge < -0.3 is 10.2 Å². The summed E-state index contributed by atoms with van der Waals surface area (Å²) in [7, 11) is 0. The third-order valence-electron chi connectivity index (χ3n) is 4.07. The predicted molar refractivity (Wildman–Crippen MR) is 87.9 cm³/mol. The molecule has 1 aromatic carbocycles. The number of likely N-dealkylation sites (tertiary alicyclic amines) is 1. The fourth-order valence-electron chi connectivity index (χ4n) is 2.77. The maximum Gasteiger partial charge on any atom is 0.244 e. The normalized spacial score (nSPS) is 20.0. The number of carbonyl (C=O) groups excluding carboxylic acids is 1. The van der Waals surface area contributed by atoms with Crippen molar-refractivity contribution >= 4 is 12.0 Å². The van der Waals surface area contributed by atoms with Crippen molar-refractivity contribution in [2.75, 3.05) is 19.6 Å². The lowest BCUT2D eigenvalue weighted by molar-refractivity contribution is -0.116. The highest BCUT2D eigenvalue weighted by Gasteiger charge is 2.21. The number of nitrogens with zero attached hydrogens (tertiary/aromatic N) is 1. The first kappa shape index (κ1) is 15.8. The van der Waals surface area contributed by atoms with Gasteiger partial charge in [0.2, 0.25) is 5.91 Å². The Morgan fingerprint density at radius 3 is 2.86 bits per heavy atom. The second-order valence-corrected chi connectivity index (χ2v) is 6.09. The van der Waals surface area contributed by atoms with E-state index < -0.39 is 0 Å². The predicted octanol–water partition coefficient (Wildman–Crippen LogP) is 2.94. The molecule has 21 heavy (non-hydrogen) atoms. The average molecular weight is 286 g/mol. The lowest BCUT2D eigenvalue weighted by Gasteiger charge is -2.35. The van der Waals surface area contributed by atoms with Crippen LogP contribution in [0.2, 0.25) is 0 Å². The molecule has 0 aliphatic carbocycles. The summed E-state index contributed by atoms with van der Waals surface area (Å²) in [4.78, 5) is 14.4. The zero-order valence-electron chi connectivity index (χ0n) is 13.1. The molecule has 0 unspecified atom stereocenters. The van der Waals surface area contributed by atoms with Crippen molar-refractivity contribution in [3.05, 3.63) is 42.0 Å². The highest BCUT2D eigenvalue weighted by Crippen LogP contribution is 2.17. The van der Waals surface area contributed by atoms with Gasteiger partial charge in [0, 0.05) is 25.2 Å². The molecule has 0 saturated carbocycles. The maximum absolute atomic E-state index is 11.9. The molecule has 1 amide bonds. The molecule has 1 aliphatic rings. The topological polar surface area (TPSA) is 32.3 Å². The van der Waals surface area contributed by atoms with Crippen LogP contribution in [0, 0.1) is 5.92 Å². The van der Waals surface area contributed by atoms with E-state index in [1.54, 1.807) is 6.08 Å². The standard InChI is InChI=1S/C18H26N2O/c1-15(2)20-12-6-9-17(14-20)13-19-18(21)11-10-16-7-4-3-5-8-16/h3-5,7-8,10-11,15,17H,6,9,12-14H2,1-2H3,(H,19,21)/b11-10+/t17-/m1/s1. The first-order chi connectivity index (χ1) is 10.1. The van der Waals surface area contributed by atoms with Gasteiger partial charge in [-0.3, -0.25) is 4.79 Å². The minimum absolute atomic E-state index is 0.000485. The van der Waals surface area contributed by atoms with Crippen molar-refractivity contribution in [2.24, 2.45) is 5.92 Å². The van der Waals surface area contributed by atoms with E-state index in [0.717, 1.165) is 18.7 Å². The van der Waals surface area contributed by atoms with Crippen LogP contribution in [0.1, 0.15) is 32.3 Å². The van der Waals surface area contributed by atoms with Crippen LogP contribution in [0.15, 0.2) is 36.4 Å². The van der Waals surface area contributed by atoms with Crippen molar-refractivity contribution in [1.29, 1.82) is 0 Å². The summed E-state index contributed by atoms with van der Waals surface area (Å²) in [5, 5.41) is 3.03. The van der Waals surface area contributed by atoms with Gasteiger partial charge in [0.25, 0.3) is 0 Å². The monoisotopic (exact) mass is 286 g/mol. The van der Waals surface area contributed by atoms with E-state index in [4.69, 9.17) is 0 Å². The molecule has 1 aromatic rings. The van der Waals surface area contributed by atoms with Crippen LogP contribution in [-0.4, -0.2) is 36.5 Å². The Bertz CT molecular complexity index is 467. The van der Waals surface area contributed by atoms with Crippen molar-refractivity contribution in [3.8, 4) is 0 Å². The number of hydrogen-bond acceptors (Lipinski definition) is 2. The fourth-order valence-corrected chi connectivity index (χ4v) is 2.77. The first-order valence-electron chi connectivity index (χ1n) is 7.90. The van der Waals surface area contributed by atoms with Crippen LogP contribution in [-0.2, 0) is 4.79 Å². The van der Waals surface area contributed by atoms with Gasteiger partial charge in [-0.25, -0.2) is 0 Å². The molecule has 1 heterocycles. The maximum atomic E-state index is 11.9. The number of benzene rings is 1. The molecular formula is C18H26N2O. The Kier molecular flexibility index (Phi) is 6.00. The van der Waals surface area contributed by atoms with E-state index in [2.05, 4.69) is 24.1 Å².